The Labute approximate surface area is 92.3 Å². The molecule has 4 heteroatoms. The zero-order valence-electron chi connectivity index (χ0n) is 10.4. The highest BCUT2D eigenvalue weighted by Gasteiger charge is 2.10. The van der Waals surface area contributed by atoms with Crippen LogP contribution < -0.4 is 10.2 Å². The van der Waals surface area contributed by atoms with Gasteiger partial charge in [0, 0.05) is 45.1 Å². The van der Waals surface area contributed by atoms with Crippen molar-refractivity contribution in [3.8, 4) is 0 Å². The molecule has 15 heavy (non-hydrogen) atoms. The van der Waals surface area contributed by atoms with Crippen LogP contribution >= 0.6 is 0 Å². The van der Waals surface area contributed by atoms with Crippen LogP contribution in [0.25, 0.3) is 0 Å². The van der Waals surface area contributed by atoms with Crippen molar-refractivity contribution < 1.29 is 0 Å². The van der Waals surface area contributed by atoms with Gasteiger partial charge in [0.05, 0.1) is 0 Å². The predicted molar refractivity (Wildman–Crippen MR) is 64.2 cm³/mol. The van der Waals surface area contributed by atoms with E-state index in [4.69, 9.17) is 0 Å². The fourth-order valence-electron chi connectivity index (χ4n) is 1.42. The molecule has 1 rings (SSSR count). The van der Waals surface area contributed by atoms with Gasteiger partial charge < -0.3 is 14.8 Å². The molecular formula is C11H22N4. The Morgan fingerprint density at radius 2 is 2.13 bits per heavy atom. The van der Waals surface area contributed by atoms with Crippen molar-refractivity contribution in [1.29, 1.82) is 0 Å². The number of nitrogens with one attached hydrogen (secondary N) is 1. The number of nitrogens with zero attached hydrogens (tertiary/aromatic N) is 3. The van der Waals surface area contributed by atoms with E-state index in [2.05, 4.69) is 43.0 Å². The SMILES string of the molecule is CN(CCNC(C)(C)C)c1nccn1C. The molecule has 0 bridgehead atoms. The topological polar surface area (TPSA) is 33.1 Å². The first kappa shape index (κ1) is 12.0. The highest BCUT2D eigenvalue weighted by atomic mass is 15.3. The van der Waals surface area contributed by atoms with E-state index >= 15 is 0 Å². The number of likely N-dealkylation sites (N-methyl/N-ethyl adjacent to an activating group) is 1. The minimum atomic E-state index is 0.183. The number of aryl methyl sites for hydroxylation is 1. The van der Waals surface area contributed by atoms with Crippen LogP contribution in [0.15, 0.2) is 12.4 Å². The number of aromatic nitrogens is 2. The molecule has 0 spiro atoms. The highest BCUT2D eigenvalue weighted by molar-refractivity contribution is 5.29. The summed E-state index contributed by atoms with van der Waals surface area (Å²) < 4.78 is 2.02. The first-order valence-corrected chi connectivity index (χ1v) is 5.33. The molecule has 0 atom stereocenters. The lowest BCUT2D eigenvalue weighted by atomic mass is 10.1. The first-order chi connectivity index (χ1) is 6.90. The Kier molecular flexibility index (Phi) is 3.74. The molecule has 0 saturated carbocycles. The summed E-state index contributed by atoms with van der Waals surface area (Å²) in [7, 11) is 4.07. The van der Waals surface area contributed by atoms with Crippen LogP contribution in [-0.2, 0) is 7.05 Å². The number of imidazole rings is 1. The molecule has 1 aromatic heterocycles. The van der Waals surface area contributed by atoms with Crippen molar-refractivity contribution in [3.63, 3.8) is 0 Å². The average molecular weight is 210 g/mol. The fourth-order valence-corrected chi connectivity index (χ4v) is 1.42. The van der Waals surface area contributed by atoms with E-state index in [-0.39, 0.29) is 5.54 Å². The average Bonchev–Trinajstić information content (AvgIpc) is 2.48. The lowest BCUT2D eigenvalue weighted by Gasteiger charge is -2.24. The summed E-state index contributed by atoms with van der Waals surface area (Å²) in [6.45, 7) is 8.45. The van der Waals surface area contributed by atoms with Gasteiger partial charge in [0.2, 0.25) is 5.95 Å². The van der Waals surface area contributed by atoms with Crippen molar-refractivity contribution in [1.82, 2.24) is 14.9 Å². The molecular weight excluding hydrogens is 188 g/mol. The van der Waals surface area contributed by atoms with Crippen molar-refractivity contribution in [2.24, 2.45) is 7.05 Å². The van der Waals surface area contributed by atoms with Crippen molar-refractivity contribution in [2.75, 3.05) is 25.0 Å². The molecule has 1 aromatic rings. The smallest absolute Gasteiger partial charge is 0.204 e. The lowest BCUT2D eigenvalue weighted by molar-refractivity contribution is 0.430. The third kappa shape index (κ3) is 3.91. The first-order valence-electron chi connectivity index (χ1n) is 5.33. The van der Waals surface area contributed by atoms with E-state index < -0.39 is 0 Å². The summed E-state index contributed by atoms with van der Waals surface area (Å²) in [6.07, 6.45) is 3.78. The highest BCUT2D eigenvalue weighted by Crippen LogP contribution is 2.06. The molecule has 0 saturated heterocycles. The summed E-state index contributed by atoms with van der Waals surface area (Å²) in [5.74, 6) is 1.01. The van der Waals surface area contributed by atoms with Crippen LogP contribution in [0.2, 0.25) is 0 Å². The molecule has 0 aliphatic heterocycles. The summed E-state index contributed by atoms with van der Waals surface area (Å²) in [4.78, 5) is 6.44. The van der Waals surface area contributed by atoms with Crippen LogP contribution in [0.4, 0.5) is 5.95 Å². The van der Waals surface area contributed by atoms with E-state index in [0.29, 0.717) is 0 Å². The molecule has 86 valence electrons. The lowest BCUT2D eigenvalue weighted by Crippen LogP contribution is -2.41. The van der Waals surface area contributed by atoms with E-state index in [0.717, 1.165) is 19.0 Å². The zero-order valence-corrected chi connectivity index (χ0v) is 10.4. The maximum atomic E-state index is 4.29. The normalized spacial score (nSPS) is 11.8. The second kappa shape index (κ2) is 4.66. The van der Waals surface area contributed by atoms with Gasteiger partial charge in [-0.05, 0) is 20.8 Å². The molecule has 1 N–H and O–H groups in total. The molecule has 0 aliphatic rings. The Morgan fingerprint density at radius 3 is 2.60 bits per heavy atom. The summed E-state index contributed by atoms with van der Waals surface area (Å²) in [6, 6.07) is 0. The largest absolute Gasteiger partial charge is 0.344 e. The second-order valence-electron chi connectivity index (χ2n) is 4.94. The van der Waals surface area contributed by atoms with Crippen LogP contribution in [-0.4, -0.2) is 35.2 Å². The van der Waals surface area contributed by atoms with E-state index in [1.54, 1.807) is 0 Å². The van der Waals surface area contributed by atoms with Gasteiger partial charge in [-0.2, -0.15) is 0 Å². The third-order valence-electron chi connectivity index (χ3n) is 2.24. The number of hydrogen-bond donors (Lipinski definition) is 1. The van der Waals surface area contributed by atoms with Crippen molar-refractivity contribution in [3.05, 3.63) is 12.4 Å². The summed E-state index contributed by atoms with van der Waals surface area (Å²) in [5, 5.41) is 3.46. The van der Waals surface area contributed by atoms with Crippen molar-refractivity contribution >= 4 is 5.95 Å². The van der Waals surface area contributed by atoms with Gasteiger partial charge in [0.25, 0.3) is 0 Å². The van der Waals surface area contributed by atoms with Gasteiger partial charge in [-0.1, -0.05) is 0 Å². The molecule has 0 amide bonds. The van der Waals surface area contributed by atoms with E-state index in [1.165, 1.54) is 0 Å². The molecule has 0 aromatic carbocycles. The maximum Gasteiger partial charge on any atom is 0.204 e. The molecule has 0 radical (unpaired) electrons. The summed E-state index contributed by atoms with van der Waals surface area (Å²) in [5.41, 5.74) is 0.183. The Morgan fingerprint density at radius 1 is 1.47 bits per heavy atom. The second-order valence-corrected chi connectivity index (χ2v) is 4.94. The van der Waals surface area contributed by atoms with Gasteiger partial charge in [0.1, 0.15) is 0 Å². The van der Waals surface area contributed by atoms with E-state index in [1.807, 2.05) is 24.0 Å². The maximum absolute atomic E-state index is 4.29. The van der Waals surface area contributed by atoms with Crippen LogP contribution in [0.1, 0.15) is 20.8 Å². The quantitative estimate of drug-likeness (QED) is 0.812. The third-order valence-corrected chi connectivity index (χ3v) is 2.24. The Bertz CT molecular complexity index is 298. The minimum absolute atomic E-state index is 0.183. The Hall–Kier alpha value is -1.03. The van der Waals surface area contributed by atoms with Gasteiger partial charge in [-0.15, -0.1) is 0 Å². The van der Waals surface area contributed by atoms with Crippen molar-refractivity contribution in [2.45, 2.75) is 26.3 Å². The molecule has 1 heterocycles. The minimum Gasteiger partial charge on any atom is -0.344 e. The monoisotopic (exact) mass is 210 g/mol. The van der Waals surface area contributed by atoms with Crippen LogP contribution in [0.3, 0.4) is 0 Å². The number of rotatable bonds is 4. The van der Waals surface area contributed by atoms with Gasteiger partial charge in [0.15, 0.2) is 0 Å². The molecule has 0 unspecified atom stereocenters. The predicted octanol–water partition coefficient (Wildman–Crippen LogP) is 1.24. The van der Waals surface area contributed by atoms with Gasteiger partial charge in [-0.25, -0.2) is 4.98 Å². The molecule has 4 nitrogen and oxygen atoms in total. The van der Waals surface area contributed by atoms with Crippen LogP contribution in [0, 0.1) is 0 Å². The Balaban J connectivity index is 2.37. The number of hydrogen-bond acceptors (Lipinski definition) is 3. The molecule has 0 aliphatic carbocycles. The van der Waals surface area contributed by atoms with Crippen LogP contribution in [0.5, 0.6) is 0 Å². The fraction of sp³-hybridized carbons (Fsp3) is 0.727. The van der Waals surface area contributed by atoms with Gasteiger partial charge >= 0.3 is 0 Å². The van der Waals surface area contributed by atoms with Gasteiger partial charge in [-0.3, -0.25) is 0 Å². The number of anilines is 1. The van der Waals surface area contributed by atoms with E-state index in [9.17, 15) is 0 Å². The molecule has 0 fully saturated rings. The summed E-state index contributed by atoms with van der Waals surface area (Å²) >= 11 is 0. The standard InChI is InChI=1S/C11H22N4/c1-11(2,3)13-7-9-15(5)10-12-6-8-14(10)4/h6,8,13H,7,9H2,1-5H3. The zero-order chi connectivity index (χ0) is 11.5.